The third-order valence-corrected chi connectivity index (χ3v) is 4.04. The van der Waals surface area contributed by atoms with E-state index in [1.54, 1.807) is 6.92 Å². The number of nitrogens with zero attached hydrogens (tertiary/aromatic N) is 5. The van der Waals surface area contributed by atoms with Crippen LogP contribution in [-0.2, 0) is 11.3 Å². The normalized spacial score (nSPS) is 10.5. The highest BCUT2D eigenvalue weighted by Gasteiger charge is 2.18. The summed E-state index contributed by atoms with van der Waals surface area (Å²) in [4.78, 5) is 24.0. The topological polar surface area (TPSA) is 125 Å². The molecule has 0 saturated carbocycles. The summed E-state index contributed by atoms with van der Waals surface area (Å²) < 4.78 is 5.03. The van der Waals surface area contributed by atoms with E-state index in [-0.39, 0.29) is 18.0 Å². The van der Waals surface area contributed by atoms with Gasteiger partial charge in [-0.1, -0.05) is 29.8 Å². The van der Waals surface area contributed by atoms with E-state index in [1.807, 2.05) is 31.2 Å². The second-order valence-corrected chi connectivity index (χ2v) is 6.15. The molecule has 0 aliphatic rings. The monoisotopic (exact) mass is 382 g/mol. The van der Waals surface area contributed by atoms with Crippen LogP contribution in [-0.4, -0.2) is 38.1 Å². The molecule has 1 amide bonds. The first-order chi connectivity index (χ1) is 13.4. The fraction of sp³-hybridized carbons (Fsp3) is 0.222. The van der Waals surface area contributed by atoms with Crippen molar-refractivity contribution in [1.29, 1.82) is 0 Å². The van der Waals surface area contributed by atoms with Gasteiger partial charge in [-0.2, -0.15) is 4.80 Å². The molecule has 28 heavy (non-hydrogen) atoms. The Balaban J connectivity index is 1.73. The SMILES string of the molecule is COc1cc(NC(=O)Cn2nnc(-c3ccc(C)cc3)n2)c(C)cc1[N+](=O)[O-]. The molecule has 2 aromatic carbocycles. The number of nitro benzene ring substituents is 1. The number of hydrogen-bond donors (Lipinski definition) is 1. The maximum Gasteiger partial charge on any atom is 0.311 e. The molecule has 0 fully saturated rings. The molecule has 3 rings (SSSR count). The number of anilines is 1. The van der Waals surface area contributed by atoms with Gasteiger partial charge in [0.1, 0.15) is 6.54 Å². The van der Waals surface area contributed by atoms with Gasteiger partial charge in [0.25, 0.3) is 0 Å². The van der Waals surface area contributed by atoms with E-state index in [1.165, 1.54) is 24.0 Å². The van der Waals surface area contributed by atoms with Crippen LogP contribution in [0, 0.1) is 24.0 Å². The molecule has 0 atom stereocenters. The molecular formula is C18H18N6O4. The smallest absolute Gasteiger partial charge is 0.311 e. The molecule has 0 spiro atoms. The van der Waals surface area contributed by atoms with Crippen molar-refractivity contribution in [3.63, 3.8) is 0 Å². The fourth-order valence-corrected chi connectivity index (χ4v) is 2.56. The molecule has 0 aliphatic carbocycles. The Hall–Kier alpha value is -3.82. The third kappa shape index (κ3) is 4.11. The van der Waals surface area contributed by atoms with Gasteiger partial charge in [0.05, 0.1) is 12.0 Å². The number of methoxy groups -OCH3 is 1. The predicted molar refractivity (Wildman–Crippen MR) is 101 cm³/mol. The van der Waals surface area contributed by atoms with Gasteiger partial charge >= 0.3 is 5.69 Å². The van der Waals surface area contributed by atoms with Gasteiger partial charge in [0.2, 0.25) is 11.7 Å². The highest BCUT2D eigenvalue weighted by atomic mass is 16.6. The van der Waals surface area contributed by atoms with Crippen molar-refractivity contribution in [2.75, 3.05) is 12.4 Å². The lowest BCUT2D eigenvalue weighted by Crippen LogP contribution is -2.21. The van der Waals surface area contributed by atoms with E-state index in [0.29, 0.717) is 17.1 Å². The number of carbonyl (C=O) groups excluding carboxylic acids is 1. The van der Waals surface area contributed by atoms with Crippen molar-refractivity contribution < 1.29 is 14.5 Å². The number of hydrogen-bond acceptors (Lipinski definition) is 7. The van der Waals surface area contributed by atoms with Crippen LogP contribution < -0.4 is 10.1 Å². The van der Waals surface area contributed by atoms with Crippen LogP contribution in [0.1, 0.15) is 11.1 Å². The Morgan fingerprint density at radius 1 is 1.25 bits per heavy atom. The minimum atomic E-state index is -0.538. The average molecular weight is 382 g/mol. The van der Waals surface area contributed by atoms with Crippen molar-refractivity contribution >= 4 is 17.3 Å². The number of carbonyl (C=O) groups is 1. The highest BCUT2D eigenvalue weighted by molar-refractivity contribution is 5.91. The summed E-state index contributed by atoms with van der Waals surface area (Å²) in [5.74, 6) is 0.0827. The van der Waals surface area contributed by atoms with Gasteiger partial charge in [-0.05, 0) is 24.6 Å². The Labute approximate surface area is 160 Å². The van der Waals surface area contributed by atoms with Crippen LogP contribution in [0.15, 0.2) is 36.4 Å². The Morgan fingerprint density at radius 3 is 2.61 bits per heavy atom. The average Bonchev–Trinajstić information content (AvgIpc) is 3.11. The lowest BCUT2D eigenvalue weighted by molar-refractivity contribution is -0.385. The van der Waals surface area contributed by atoms with Crippen molar-refractivity contribution in [2.45, 2.75) is 20.4 Å². The molecule has 10 heteroatoms. The zero-order valence-corrected chi connectivity index (χ0v) is 15.5. The van der Waals surface area contributed by atoms with Crippen molar-refractivity contribution in [2.24, 2.45) is 0 Å². The van der Waals surface area contributed by atoms with E-state index in [4.69, 9.17) is 4.74 Å². The van der Waals surface area contributed by atoms with Crippen LogP contribution >= 0.6 is 0 Å². The Morgan fingerprint density at radius 2 is 1.96 bits per heavy atom. The third-order valence-electron chi connectivity index (χ3n) is 4.04. The number of ether oxygens (including phenoxy) is 1. The molecule has 3 aromatic rings. The number of amides is 1. The largest absolute Gasteiger partial charge is 0.490 e. The maximum atomic E-state index is 12.3. The Kier molecular flexibility index (Phi) is 5.30. The molecule has 0 unspecified atom stereocenters. The first kappa shape index (κ1) is 19.0. The molecule has 1 N–H and O–H groups in total. The van der Waals surface area contributed by atoms with E-state index in [2.05, 4.69) is 20.7 Å². The summed E-state index contributed by atoms with van der Waals surface area (Å²) in [6.45, 7) is 3.48. The number of rotatable bonds is 6. The number of aromatic nitrogens is 4. The fourth-order valence-electron chi connectivity index (χ4n) is 2.56. The summed E-state index contributed by atoms with van der Waals surface area (Å²) >= 11 is 0. The quantitative estimate of drug-likeness (QED) is 0.513. The molecule has 10 nitrogen and oxygen atoms in total. The number of nitrogens with one attached hydrogen (secondary N) is 1. The summed E-state index contributed by atoms with van der Waals surface area (Å²) in [6, 6.07) is 10.4. The molecule has 1 aromatic heterocycles. The molecule has 0 aliphatic heterocycles. The molecular weight excluding hydrogens is 364 g/mol. The predicted octanol–water partition coefficient (Wildman–Crippen LogP) is 2.51. The molecule has 0 saturated heterocycles. The van der Waals surface area contributed by atoms with Crippen LogP contribution in [0.4, 0.5) is 11.4 Å². The lowest BCUT2D eigenvalue weighted by Gasteiger charge is -2.10. The van der Waals surface area contributed by atoms with Crippen molar-refractivity contribution in [3.8, 4) is 17.1 Å². The van der Waals surface area contributed by atoms with Gasteiger partial charge in [-0.15, -0.1) is 10.2 Å². The minimum Gasteiger partial charge on any atom is -0.490 e. The number of aryl methyl sites for hydroxylation is 2. The zero-order valence-electron chi connectivity index (χ0n) is 15.5. The van der Waals surface area contributed by atoms with Gasteiger partial charge in [0.15, 0.2) is 5.75 Å². The first-order valence-corrected chi connectivity index (χ1v) is 8.35. The van der Waals surface area contributed by atoms with Crippen LogP contribution in [0.5, 0.6) is 5.75 Å². The molecule has 0 bridgehead atoms. The molecule has 1 heterocycles. The standard InChI is InChI=1S/C18H18N6O4/c1-11-4-6-13(7-5-11)18-20-22-23(21-18)10-17(25)19-14-9-16(28-3)15(24(26)27)8-12(14)2/h4-9H,10H2,1-3H3,(H,19,25). The minimum absolute atomic E-state index is 0.0615. The van der Waals surface area contributed by atoms with Gasteiger partial charge in [0, 0.05) is 23.4 Å². The van der Waals surface area contributed by atoms with Crippen LogP contribution in [0.2, 0.25) is 0 Å². The van der Waals surface area contributed by atoms with E-state index < -0.39 is 10.8 Å². The first-order valence-electron chi connectivity index (χ1n) is 8.35. The van der Waals surface area contributed by atoms with Gasteiger partial charge in [-0.25, -0.2) is 0 Å². The summed E-state index contributed by atoms with van der Waals surface area (Å²) in [6.07, 6.45) is 0. The Bertz CT molecular complexity index is 1030. The van der Waals surface area contributed by atoms with Crippen molar-refractivity contribution in [1.82, 2.24) is 20.2 Å². The highest BCUT2D eigenvalue weighted by Crippen LogP contribution is 2.32. The zero-order chi connectivity index (χ0) is 20.3. The van der Waals surface area contributed by atoms with Crippen molar-refractivity contribution in [3.05, 3.63) is 57.6 Å². The number of benzene rings is 2. The number of nitro groups is 1. The van der Waals surface area contributed by atoms with Crippen LogP contribution in [0.3, 0.4) is 0 Å². The van der Waals surface area contributed by atoms with E-state index in [0.717, 1.165) is 11.1 Å². The van der Waals surface area contributed by atoms with Gasteiger partial charge in [-0.3, -0.25) is 14.9 Å². The van der Waals surface area contributed by atoms with E-state index in [9.17, 15) is 14.9 Å². The maximum absolute atomic E-state index is 12.3. The van der Waals surface area contributed by atoms with Crippen LogP contribution in [0.25, 0.3) is 11.4 Å². The second kappa shape index (κ2) is 7.82. The lowest BCUT2D eigenvalue weighted by atomic mass is 10.1. The molecule has 144 valence electrons. The summed E-state index contributed by atoms with van der Waals surface area (Å²) in [5, 5.41) is 25.8. The number of tetrazole rings is 1. The van der Waals surface area contributed by atoms with Gasteiger partial charge < -0.3 is 10.1 Å². The summed E-state index contributed by atoms with van der Waals surface area (Å²) in [5.41, 5.74) is 2.69. The molecule has 0 radical (unpaired) electrons. The second-order valence-electron chi connectivity index (χ2n) is 6.15. The summed E-state index contributed by atoms with van der Waals surface area (Å²) in [7, 11) is 1.33. The van der Waals surface area contributed by atoms with E-state index >= 15 is 0 Å².